The smallest absolute Gasteiger partial charge is 0.236 e. The zero-order valence-electron chi connectivity index (χ0n) is 14.5. The molecule has 3 rings (SSSR count). The second-order valence-corrected chi connectivity index (χ2v) is 7.89. The number of thiophene rings is 1. The number of likely N-dealkylation sites (tertiary alicyclic amines) is 1. The third-order valence-corrected chi connectivity index (χ3v) is 6.34. The molecule has 1 amide bonds. The number of carbonyl (C=O) groups excluding carboxylic acids is 1. The van der Waals surface area contributed by atoms with E-state index >= 15 is 0 Å². The van der Waals surface area contributed by atoms with Crippen LogP contribution in [0.2, 0.25) is 0 Å². The fourth-order valence-corrected chi connectivity index (χ4v) is 4.62. The number of rotatable bonds is 4. The summed E-state index contributed by atoms with van der Waals surface area (Å²) in [5, 5.41) is 11.5. The van der Waals surface area contributed by atoms with Gasteiger partial charge in [0.15, 0.2) is 0 Å². The van der Waals surface area contributed by atoms with Gasteiger partial charge >= 0.3 is 0 Å². The third-order valence-electron chi connectivity index (χ3n) is 5.42. The van der Waals surface area contributed by atoms with Crippen LogP contribution in [0.15, 0.2) is 17.5 Å². The van der Waals surface area contributed by atoms with Crippen molar-refractivity contribution in [3.05, 3.63) is 22.4 Å². The minimum atomic E-state index is -0.180. The number of nitriles is 1. The van der Waals surface area contributed by atoms with Crippen LogP contribution >= 0.6 is 11.3 Å². The van der Waals surface area contributed by atoms with E-state index in [0.29, 0.717) is 18.6 Å². The summed E-state index contributed by atoms with van der Waals surface area (Å²) in [5.41, 5.74) is 0. The highest BCUT2D eigenvalue weighted by molar-refractivity contribution is 7.10. The average Bonchev–Trinajstić information content (AvgIpc) is 3.22. The predicted molar refractivity (Wildman–Crippen MR) is 95.7 cm³/mol. The summed E-state index contributed by atoms with van der Waals surface area (Å²) in [6.07, 6.45) is 2.37. The predicted octanol–water partition coefficient (Wildman–Crippen LogP) is 2.33. The summed E-state index contributed by atoms with van der Waals surface area (Å²) in [6, 6.07) is 7.26. The Balaban J connectivity index is 1.53. The van der Waals surface area contributed by atoms with Crippen LogP contribution < -0.4 is 0 Å². The molecule has 0 saturated carbocycles. The molecule has 3 atom stereocenters. The maximum atomic E-state index is 12.6. The van der Waals surface area contributed by atoms with Crippen LogP contribution in [0.5, 0.6) is 0 Å². The minimum Gasteiger partial charge on any atom is -0.339 e. The van der Waals surface area contributed by atoms with E-state index in [-0.39, 0.29) is 11.9 Å². The van der Waals surface area contributed by atoms with Crippen molar-refractivity contribution in [1.29, 1.82) is 5.26 Å². The summed E-state index contributed by atoms with van der Waals surface area (Å²) in [6.45, 7) is 7.95. The van der Waals surface area contributed by atoms with Gasteiger partial charge in [0.25, 0.3) is 0 Å². The van der Waals surface area contributed by atoms with Crippen LogP contribution in [-0.4, -0.2) is 65.4 Å². The number of amides is 1. The van der Waals surface area contributed by atoms with Crippen molar-refractivity contribution in [2.24, 2.45) is 0 Å². The Morgan fingerprint density at radius 2 is 1.96 bits per heavy atom. The van der Waals surface area contributed by atoms with Gasteiger partial charge in [-0.3, -0.25) is 14.6 Å². The van der Waals surface area contributed by atoms with Crippen molar-refractivity contribution in [2.45, 2.75) is 44.8 Å². The number of hydrogen-bond donors (Lipinski definition) is 0. The number of nitrogens with zero attached hydrogens (tertiary/aromatic N) is 4. The van der Waals surface area contributed by atoms with E-state index in [9.17, 15) is 10.1 Å². The lowest BCUT2D eigenvalue weighted by molar-refractivity contribution is -0.135. The molecule has 0 radical (unpaired) electrons. The van der Waals surface area contributed by atoms with Gasteiger partial charge in [-0.15, -0.1) is 11.3 Å². The third kappa shape index (κ3) is 3.64. The molecule has 3 heterocycles. The van der Waals surface area contributed by atoms with Crippen molar-refractivity contribution in [3.8, 4) is 6.07 Å². The van der Waals surface area contributed by atoms with Crippen molar-refractivity contribution in [2.75, 3.05) is 32.7 Å². The van der Waals surface area contributed by atoms with Crippen molar-refractivity contribution >= 4 is 17.2 Å². The lowest BCUT2D eigenvalue weighted by atomic mass is 10.2. The molecule has 0 spiro atoms. The van der Waals surface area contributed by atoms with Crippen LogP contribution in [-0.2, 0) is 4.79 Å². The summed E-state index contributed by atoms with van der Waals surface area (Å²) < 4.78 is 0. The maximum absolute atomic E-state index is 12.6. The van der Waals surface area contributed by atoms with Gasteiger partial charge in [-0.05, 0) is 38.1 Å². The van der Waals surface area contributed by atoms with E-state index in [1.54, 1.807) is 11.3 Å². The fraction of sp³-hybridized carbons (Fsp3) is 0.667. The normalized spacial score (nSPS) is 27.1. The highest BCUT2D eigenvalue weighted by atomic mass is 32.1. The molecule has 1 aromatic heterocycles. The molecule has 0 aliphatic carbocycles. The van der Waals surface area contributed by atoms with Crippen LogP contribution in [0.3, 0.4) is 0 Å². The van der Waals surface area contributed by atoms with Gasteiger partial charge in [-0.1, -0.05) is 6.07 Å². The lowest BCUT2D eigenvalue weighted by Crippen LogP contribution is -2.52. The molecular formula is C18H26N4OS. The molecule has 2 saturated heterocycles. The van der Waals surface area contributed by atoms with Crippen molar-refractivity contribution in [3.63, 3.8) is 0 Å². The zero-order chi connectivity index (χ0) is 17.1. The first-order valence-electron chi connectivity index (χ1n) is 8.80. The second-order valence-electron chi connectivity index (χ2n) is 6.91. The number of carbonyl (C=O) groups is 1. The molecule has 0 N–H and O–H groups in total. The number of hydrogen-bond acceptors (Lipinski definition) is 5. The molecule has 2 aliphatic rings. The van der Waals surface area contributed by atoms with E-state index in [1.165, 1.54) is 12.8 Å². The van der Waals surface area contributed by atoms with Crippen LogP contribution in [0.4, 0.5) is 0 Å². The van der Waals surface area contributed by atoms with E-state index in [2.05, 4.69) is 29.7 Å². The molecule has 24 heavy (non-hydrogen) atoms. The molecule has 3 unspecified atom stereocenters. The Labute approximate surface area is 148 Å². The van der Waals surface area contributed by atoms with Crippen LogP contribution in [0.1, 0.15) is 37.6 Å². The largest absolute Gasteiger partial charge is 0.339 e. The second kappa shape index (κ2) is 7.64. The van der Waals surface area contributed by atoms with E-state index in [0.717, 1.165) is 31.1 Å². The Morgan fingerprint density at radius 1 is 1.29 bits per heavy atom. The van der Waals surface area contributed by atoms with Crippen LogP contribution in [0.25, 0.3) is 0 Å². The van der Waals surface area contributed by atoms with Gasteiger partial charge in [-0.2, -0.15) is 5.26 Å². The monoisotopic (exact) mass is 346 g/mol. The SMILES string of the molecule is CC1CCC(C)N1CC(=O)N1CCN(C(C#N)c2cccs2)CC1. The first kappa shape index (κ1) is 17.4. The summed E-state index contributed by atoms with van der Waals surface area (Å²) in [4.78, 5) is 20.2. The quantitative estimate of drug-likeness (QED) is 0.840. The number of piperazine rings is 1. The Hall–Kier alpha value is -1.42. The zero-order valence-corrected chi connectivity index (χ0v) is 15.3. The van der Waals surface area contributed by atoms with E-state index in [4.69, 9.17) is 0 Å². The highest BCUT2D eigenvalue weighted by Gasteiger charge is 2.32. The molecular weight excluding hydrogens is 320 g/mol. The first-order chi connectivity index (χ1) is 11.6. The summed E-state index contributed by atoms with van der Waals surface area (Å²) >= 11 is 1.63. The van der Waals surface area contributed by atoms with Crippen LogP contribution in [0, 0.1) is 11.3 Å². The Morgan fingerprint density at radius 3 is 2.50 bits per heavy atom. The molecule has 0 aromatic carbocycles. The molecule has 2 aliphatic heterocycles. The van der Waals surface area contributed by atoms with E-state index in [1.807, 2.05) is 22.4 Å². The van der Waals surface area contributed by atoms with Gasteiger partial charge in [-0.25, -0.2) is 0 Å². The van der Waals surface area contributed by atoms with Crippen molar-refractivity contribution < 1.29 is 4.79 Å². The van der Waals surface area contributed by atoms with Gasteiger partial charge < -0.3 is 4.90 Å². The molecule has 6 heteroatoms. The minimum absolute atomic E-state index is 0.180. The average molecular weight is 347 g/mol. The topological polar surface area (TPSA) is 50.6 Å². The Kier molecular flexibility index (Phi) is 5.54. The molecule has 5 nitrogen and oxygen atoms in total. The lowest BCUT2D eigenvalue weighted by Gasteiger charge is -2.38. The first-order valence-corrected chi connectivity index (χ1v) is 9.68. The van der Waals surface area contributed by atoms with Gasteiger partial charge in [0.2, 0.25) is 5.91 Å². The summed E-state index contributed by atoms with van der Waals surface area (Å²) in [7, 11) is 0. The molecule has 130 valence electrons. The molecule has 0 bridgehead atoms. The van der Waals surface area contributed by atoms with E-state index < -0.39 is 0 Å². The van der Waals surface area contributed by atoms with Gasteiger partial charge in [0.05, 0.1) is 12.6 Å². The molecule has 1 aromatic rings. The highest BCUT2D eigenvalue weighted by Crippen LogP contribution is 2.26. The Bertz CT molecular complexity index is 579. The van der Waals surface area contributed by atoms with Crippen molar-refractivity contribution in [1.82, 2.24) is 14.7 Å². The van der Waals surface area contributed by atoms with Gasteiger partial charge in [0.1, 0.15) is 6.04 Å². The summed E-state index contributed by atoms with van der Waals surface area (Å²) in [5.74, 6) is 0.236. The standard InChI is InChI=1S/C18H26N4OS/c1-14-5-6-15(2)22(14)13-18(23)21-9-7-20(8-10-21)16(12-19)17-4-3-11-24-17/h3-4,11,14-16H,5-10,13H2,1-2H3. The molecule has 2 fully saturated rings. The maximum Gasteiger partial charge on any atom is 0.236 e. The fourth-order valence-electron chi connectivity index (χ4n) is 3.82. The van der Waals surface area contributed by atoms with Gasteiger partial charge in [0, 0.05) is 43.1 Å².